The molecule has 0 aromatic carbocycles. The van der Waals surface area contributed by atoms with Crippen LogP contribution in [0.4, 0.5) is 0 Å². The van der Waals surface area contributed by atoms with Gasteiger partial charge in [0.25, 0.3) is 5.56 Å². The summed E-state index contributed by atoms with van der Waals surface area (Å²) in [5.41, 5.74) is -0.771. The van der Waals surface area contributed by atoms with Crippen molar-refractivity contribution in [2.45, 2.75) is 36.6 Å². The van der Waals surface area contributed by atoms with Crippen molar-refractivity contribution in [1.82, 2.24) is 9.55 Å². The van der Waals surface area contributed by atoms with E-state index in [1.165, 1.54) is 10.8 Å². The zero-order chi connectivity index (χ0) is 15.4. The van der Waals surface area contributed by atoms with E-state index >= 15 is 0 Å². The first kappa shape index (κ1) is 14.7. The lowest BCUT2D eigenvalue weighted by Crippen LogP contribution is -2.33. The number of aromatic amines is 1. The summed E-state index contributed by atoms with van der Waals surface area (Å²) in [6.07, 6.45) is 0.862. The molecule has 21 heavy (non-hydrogen) atoms. The summed E-state index contributed by atoms with van der Waals surface area (Å²) >= 11 is 0. The lowest BCUT2D eigenvalue weighted by molar-refractivity contribution is -0.0331. The molecule has 6 nitrogen and oxygen atoms in total. The van der Waals surface area contributed by atoms with Gasteiger partial charge in [0.1, 0.15) is 6.23 Å². The van der Waals surface area contributed by atoms with Crippen molar-refractivity contribution in [2.24, 2.45) is 5.92 Å². The van der Waals surface area contributed by atoms with Crippen LogP contribution in [0.15, 0.2) is 15.8 Å². The van der Waals surface area contributed by atoms with Gasteiger partial charge in [-0.3, -0.25) is 14.3 Å². The topological polar surface area (TPSA) is 84.3 Å². The summed E-state index contributed by atoms with van der Waals surface area (Å²) in [5.74, 6) is -0.165. The molecule has 1 aromatic heterocycles. The molecule has 2 aliphatic heterocycles. The van der Waals surface area contributed by atoms with Gasteiger partial charge >= 0.3 is 5.69 Å². The molecule has 0 bridgehead atoms. The van der Waals surface area contributed by atoms with Gasteiger partial charge in [0.05, 0.1) is 35.7 Å². The number of aryl methyl sites for hydroxylation is 1. The molecule has 105 valence electrons. The first-order valence-electron chi connectivity index (χ1n) is 6.85. The Hall–Kier alpha value is -1.21. The number of aromatic nitrogens is 2. The highest BCUT2D eigenvalue weighted by atomic mass is 16.5. The van der Waals surface area contributed by atoms with E-state index in [0.717, 1.165) is 0 Å². The molecule has 3 rings (SSSR count). The van der Waals surface area contributed by atoms with E-state index in [9.17, 15) is 14.7 Å². The number of hydrogen-bond acceptors (Lipinski definition) is 4. The normalized spacial score (nSPS) is 38.2. The molecule has 2 saturated heterocycles. The summed E-state index contributed by atoms with van der Waals surface area (Å²) in [6.45, 7) is 1.41. The highest BCUT2D eigenvalue weighted by molar-refractivity contribution is 6.78. The van der Waals surface area contributed by atoms with Gasteiger partial charge in [0.15, 0.2) is 0 Å². The molecule has 2 unspecified atom stereocenters. The second kappa shape index (κ2) is 4.92. The third-order valence-corrected chi connectivity index (χ3v) is 4.45. The molecule has 0 saturated carbocycles. The standard InChI is InChI=1S/C12H14B3N2O4/c1-5-3-17(11(20)16-9(5)19)8-2-6(7(4-18)21-8)12(14)10(13)15-12/h3,6-8,10,18H,2,4H2,1H3,(H,16,19,20)/t6-,7+,8+,10?,12?/m0/s1. The Kier molecular flexibility index (Phi) is 3.45. The fourth-order valence-corrected chi connectivity index (χ4v) is 3.03. The van der Waals surface area contributed by atoms with Crippen LogP contribution in [0.1, 0.15) is 18.2 Å². The molecule has 2 aliphatic rings. The quantitative estimate of drug-likeness (QED) is 0.672. The van der Waals surface area contributed by atoms with Gasteiger partial charge in [-0.25, -0.2) is 4.79 Å². The average Bonchev–Trinajstić information content (AvgIpc) is 2.88. The van der Waals surface area contributed by atoms with E-state index in [1.54, 1.807) is 6.92 Å². The first-order chi connectivity index (χ1) is 9.86. The van der Waals surface area contributed by atoms with Crippen LogP contribution >= 0.6 is 0 Å². The fourth-order valence-electron chi connectivity index (χ4n) is 3.03. The SMILES string of the molecule is [B]C1[B]C1([B])[C@H]1C[C@H](n2cc(C)c(=O)[nH]c2=O)O[C@@H]1CO. The summed E-state index contributed by atoms with van der Waals surface area (Å²) in [7, 11) is 13.8. The van der Waals surface area contributed by atoms with E-state index in [1.807, 2.05) is 7.28 Å². The second-order valence-corrected chi connectivity index (χ2v) is 5.83. The molecule has 5 atom stereocenters. The number of ether oxygens (including phenoxy) is 1. The van der Waals surface area contributed by atoms with Crippen LogP contribution in [-0.2, 0) is 4.74 Å². The van der Waals surface area contributed by atoms with Crippen molar-refractivity contribution >= 4 is 23.0 Å². The lowest BCUT2D eigenvalue weighted by atomic mass is 9.60. The fraction of sp³-hybridized carbons (Fsp3) is 0.667. The minimum absolute atomic E-state index is 0.165. The Labute approximate surface area is 125 Å². The molecular weight excluding hydrogens is 269 g/mol. The highest BCUT2D eigenvalue weighted by Gasteiger charge is 2.57. The van der Waals surface area contributed by atoms with Gasteiger partial charge in [0.2, 0.25) is 0 Å². The van der Waals surface area contributed by atoms with Crippen LogP contribution in [0.5, 0.6) is 0 Å². The van der Waals surface area contributed by atoms with Gasteiger partial charge in [0, 0.05) is 11.8 Å². The molecule has 1 aromatic rings. The largest absolute Gasteiger partial charge is 0.394 e. The second-order valence-electron chi connectivity index (χ2n) is 5.83. The lowest BCUT2D eigenvalue weighted by Gasteiger charge is -2.24. The van der Waals surface area contributed by atoms with E-state index in [2.05, 4.69) is 4.98 Å². The van der Waals surface area contributed by atoms with Crippen LogP contribution in [0.3, 0.4) is 0 Å². The van der Waals surface area contributed by atoms with E-state index in [4.69, 9.17) is 20.4 Å². The smallest absolute Gasteiger partial charge is 0.330 e. The average molecular weight is 283 g/mol. The highest BCUT2D eigenvalue weighted by Crippen LogP contribution is 2.62. The van der Waals surface area contributed by atoms with E-state index < -0.39 is 28.8 Å². The van der Waals surface area contributed by atoms with Crippen molar-refractivity contribution in [3.05, 3.63) is 32.6 Å². The van der Waals surface area contributed by atoms with E-state index in [0.29, 0.717) is 12.0 Å². The predicted molar refractivity (Wildman–Crippen MR) is 78.9 cm³/mol. The zero-order valence-corrected chi connectivity index (χ0v) is 11.7. The van der Waals surface area contributed by atoms with Gasteiger partial charge < -0.3 is 9.84 Å². The monoisotopic (exact) mass is 283 g/mol. The third kappa shape index (κ3) is 2.32. The third-order valence-electron chi connectivity index (χ3n) is 4.45. The summed E-state index contributed by atoms with van der Waals surface area (Å²) < 4.78 is 7.07. The van der Waals surface area contributed by atoms with Gasteiger partial charge in [-0.15, -0.1) is 5.72 Å². The van der Waals surface area contributed by atoms with Crippen LogP contribution in [0.2, 0.25) is 10.9 Å². The first-order valence-corrected chi connectivity index (χ1v) is 6.85. The Bertz CT molecular complexity index is 675. The number of nitrogens with one attached hydrogen (secondary N) is 1. The molecule has 3 heterocycles. The van der Waals surface area contributed by atoms with Crippen LogP contribution in [-0.4, -0.2) is 50.3 Å². The molecule has 0 aliphatic carbocycles. The van der Waals surface area contributed by atoms with Crippen LogP contribution < -0.4 is 11.2 Å². The van der Waals surface area contributed by atoms with E-state index in [-0.39, 0.29) is 18.2 Å². The summed E-state index contributed by atoms with van der Waals surface area (Å²) in [6, 6.07) is 0. The van der Waals surface area contributed by atoms with Crippen LogP contribution in [0, 0.1) is 12.8 Å². The Morgan fingerprint density at radius 1 is 1.62 bits per heavy atom. The van der Waals surface area contributed by atoms with Gasteiger partial charge in [-0.05, 0) is 19.3 Å². The van der Waals surface area contributed by atoms with Crippen molar-refractivity contribution < 1.29 is 9.84 Å². The molecule has 2 N–H and O–H groups in total. The van der Waals surface area contributed by atoms with Crippen molar-refractivity contribution in [2.75, 3.05) is 6.61 Å². The molecule has 5 radical (unpaired) electrons. The molecule has 9 heteroatoms. The number of rotatable bonds is 3. The minimum Gasteiger partial charge on any atom is -0.394 e. The number of H-pyrrole nitrogens is 1. The maximum absolute atomic E-state index is 11.9. The predicted octanol–water partition coefficient (Wildman–Crippen LogP) is -1.34. The zero-order valence-electron chi connectivity index (χ0n) is 11.7. The molecule has 0 spiro atoms. The minimum atomic E-state index is -0.664. The van der Waals surface area contributed by atoms with Crippen molar-refractivity contribution in [3.63, 3.8) is 0 Å². The molecule has 0 amide bonds. The van der Waals surface area contributed by atoms with Crippen LogP contribution in [0.25, 0.3) is 0 Å². The van der Waals surface area contributed by atoms with Gasteiger partial charge in [-0.1, -0.05) is 5.21 Å². The Morgan fingerprint density at radius 3 is 2.86 bits per heavy atom. The number of nitrogens with zero attached hydrogens (tertiary/aromatic N) is 1. The molecular formula is C12H14B3N2O4. The maximum Gasteiger partial charge on any atom is 0.330 e. The number of aliphatic hydroxyl groups is 1. The Balaban J connectivity index is 1.90. The molecule has 2 fully saturated rings. The van der Waals surface area contributed by atoms with Crippen molar-refractivity contribution in [3.8, 4) is 0 Å². The number of aliphatic hydroxyl groups excluding tert-OH is 1. The maximum atomic E-state index is 11.9. The summed E-state index contributed by atoms with van der Waals surface area (Å²) in [4.78, 5) is 25.6. The Morgan fingerprint density at radius 2 is 2.29 bits per heavy atom. The van der Waals surface area contributed by atoms with Gasteiger partial charge in [-0.2, -0.15) is 0 Å². The summed E-state index contributed by atoms with van der Waals surface area (Å²) in [5, 5.41) is 8.80. The number of hydrogen-bond donors (Lipinski definition) is 2. The van der Waals surface area contributed by atoms with Crippen molar-refractivity contribution in [1.29, 1.82) is 0 Å².